The van der Waals surface area contributed by atoms with Crippen LogP contribution in [0.15, 0.2) is 29.2 Å². The van der Waals surface area contributed by atoms with E-state index in [0.29, 0.717) is 18.9 Å². The van der Waals surface area contributed by atoms with Crippen molar-refractivity contribution in [2.24, 2.45) is 5.73 Å². The molecule has 1 atom stereocenters. The SMILES string of the molecule is COCCNC(=O)CSc1cccc(C(C)N)c1. The van der Waals surface area contributed by atoms with Crippen molar-refractivity contribution in [3.05, 3.63) is 29.8 Å². The first-order valence-corrected chi connectivity index (χ1v) is 6.86. The molecule has 0 aliphatic rings. The summed E-state index contributed by atoms with van der Waals surface area (Å²) in [6, 6.07) is 7.98. The van der Waals surface area contributed by atoms with Crippen molar-refractivity contribution in [1.82, 2.24) is 5.32 Å². The number of benzene rings is 1. The first-order valence-electron chi connectivity index (χ1n) is 5.87. The lowest BCUT2D eigenvalue weighted by Crippen LogP contribution is -2.28. The summed E-state index contributed by atoms with van der Waals surface area (Å²) in [6.45, 7) is 3.04. The summed E-state index contributed by atoms with van der Waals surface area (Å²) in [5.74, 6) is 0.426. The fraction of sp³-hybridized carbons (Fsp3) is 0.462. The highest BCUT2D eigenvalue weighted by Crippen LogP contribution is 2.21. The quantitative estimate of drug-likeness (QED) is 0.582. The summed E-state index contributed by atoms with van der Waals surface area (Å²) in [7, 11) is 1.61. The van der Waals surface area contributed by atoms with Crippen LogP contribution in [0.25, 0.3) is 0 Å². The topological polar surface area (TPSA) is 64.3 Å². The number of thioether (sulfide) groups is 1. The summed E-state index contributed by atoms with van der Waals surface area (Å²) in [5.41, 5.74) is 6.90. The highest BCUT2D eigenvalue weighted by Gasteiger charge is 2.04. The van der Waals surface area contributed by atoms with Gasteiger partial charge in [-0.15, -0.1) is 11.8 Å². The molecule has 1 unspecified atom stereocenters. The Hall–Kier alpha value is -1.04. The second kappa shape index (κ2) is 8.13. The largest absolute Gasteiger partial charge is 0.383 e. The molecule has 1 amide bonds. The molecule has 0 aliphatic heterocycles. The zero-order valence-corrected chi connectivity index (χ0v) is 11.6. The molecule has 4 nitrogen and oxygen atoms in total. The third-order valence-corrected chi connectivity index (χ3v) is 3.38. The monoisotopic (exact) mass is 268 g/mol. The molecule has 0 heterocycles. The Morgan fingerprint density at radius 2 is 2.33 bits per heavy atom. The molecule has 0 fully saturated rings. The lowest BCUT2D eigenvalue weighted by Gasteiger charge is -2.08. The number of ether oxygens (including phenoxy) is 1. The maximum Gasteiger partial charge on any atom is 0.230 e. The van der Waals surface area contributed by atoms with Crippen molar-refractivity contribution < 1.29 is 9.53 Å². The van der Waals surface area contributed by atoms with E-state index in [1.54, 1.807) is 7.11 Å². The number of nitrogens with two attached hydrogens (primary N) is 1. The molecule has 0 aliphatic carbocycles. The second-order valence-corrected chi connectivity index (χ2v) is 5.04. The highest BCUT2D eigenvalue weighted by molar-refractivity contribution is 8.00. The van der Waals surface area contributed by atoms with E-state index in [1.807, 2.05) is 31.2 Å². The van der Waals surface area contributed by atoms with E-state index in [-0.39, 0.29) is 11.9 Å². The number of rotatable bonds is 7. The van der Waals surface area contributed by atoms with Crippen LogP contribution < -0.4 is 11.1 Å². The maximum atomic E-state index is 11.5. The van der Waals surface area contributed by atoms with E-state index < -0.39 is 0 Å². The van der Waals surface area contributed by atoms with Gasteiger partial charge in [0.1, 0.15) is 0 Å². The minimum absolute atomic E-state index is 0.0149. The third-order valence-electron chi connectivity index (χ3n) is 2.38. The van der Waals surface area contributed by atoms with Crippen LogP contribution in [0, 0.1) is 0 Å². The fourth-order valence-corrected chi connectivity index (χ4v) is 2.17. The Morgan fingerprint density at radius 1 is 1.56 bits per heavy atom. The molecule has 0 spiro atoms. The van der Waals surface area contributed by atoms with Gasteiger partial charge in [-0.3, -0.25) is 4.79 Å². The molecule has 5 heteroatoms. The van der Waals surface area contributed by atoms with Gasteiger partial charge < -0.3 is 15.8 Å². The van der Waals surface area contributed by atoms with Crippen LogP contribution in [0.5, 0.6) is 0 Å². The van der Waals surface area contributed by atoms with Crippen molar-refractivity contribution in [3.8, 4) is 0 Å². The van der Waals surface area contributed by atoms with Crippen molar-refractivity contribution >= 4 is 17.7 Å². The molecule has 0 aromatic heterocycles. The van der Waals surface area contributed by atoms with Gasteiger partial charge in [-0.1, -0.05) is 12.1 Å². The van der Waals surface area contributed by atoms with Crippen LogP contribution in [0.4, 0.5) is 0 Å². The van der Waals surface area contributed by atoms with Gasteiger partial charge in [-0.05, 0) is 24.6 Å². The Labute approximate surface area is 112 Å². The summed E-state index contributed by atoms with van der Waals surface area (Å²) in [6.07, 6.45) is 0. The minimum Gasteiger partial charge on any atom is -0.383 e. The molecule has 1 aromatic carbocycles. The van der Waals surface area contributed by atoms with Crippen LogP contribution in [0.3, 0.4) is 0 Å². The first-order chi connectivity index (χ1) is 8.63. The Kier molecular flexibility index (Phi) is 6.78. The van der Waals surface area contributed by atoms with E-state index in [1.165, 1.54) is 11.8 Å². The highest BCUT2D eigenvalue weighted by atomic mass is 32.2. The molecule has 1 rings (SSSR count). The van der Waals surface area contributed by atoms with Gasteiger partial charge in [0.15, 0.2) is 0 Å². The first kappa shape index (κ1) is 15.0. The molecule has 100 valence electrons. The number of amides is 1. The Morgan fingerprint density at radius 3 is 3.00 bits per heavy atom. The second-order valence-electron chi connectivity index (χ2n) is 3.99. The van der Waals surface area contributed by atoms with Gasteiger partial charge in [0.25, 0.3) is 0 Å². The molecule has 0 saturated heterocycles. The van der Waals surface area contributed by atoms with Gasteiger partial charge in [-0.25, -0.2) is 0 Å². The Bertz CT molecular complexity index is 383. The van der Waals surface area contributed by atoms with Crippen LogP contribution in [0.2, 0.25) is 0 Å². The van der Waals surface area contributed by atoms with Crippen LogP contribution in [0.1, 0.15) is 18.5 Å². The van der Waals surface area contributed by atoms with Crippen LogP contribution in [-0.4, -0.2) is 31.9 Å². The number of carbonyl (C=O) groups excluding carboxylic acids is 1. The standard InChI is InChI=1S/C13H20N2O2S/c1-10(14)11-4-3-5-12(8-11)18-9-13(16)15-6-7-17-2/h3-5,8,10H,6-7,9,14H2,1-2H3,(H,15,16). The molecule has 0 radical (unpaired) electrons. The van der Waals surface area contributed by atoms with Gasteiger partial charge in [-0.2, -0.15) is 0 Å². The van der Waals surface area contributed by atoms with E-state index in [0.717, 1.165) is 10.5 Å². The zero-order chi connectivity index (χ0) is 13.4. The molecular weight excluding hydrogens is 248 g/mol. The Balaban J connectivity index is 2.38. The number of nitrogens with one attached hydrogen (secondary N) is 1. The summed E-state index contributed by atoms with van der Waals surface area (Å²) in [4.78, 5) is 12.6. The predicted molar refractivity (Wildman–Crippen MR) is 74.7 cm³/mol. The lowest BCUT2D eigenvalue weighted by molar-refractivity contribution is -0.118. The fourth-order valence-electron chi connectivity index (χ4n) is 1.38. The summed E-state index contributed by atoms with van der Waals surface area (Å²) < 4.78 is 4.86. The normalized spacial score (nSPS) is 12.2. The van der Waals surface area contributed by atoms with Crippen molar-refractivity contribution in [2.75, 3.05) is 26.0 Å². The van der Waals surface area contributed by atoms with Crippen molar-refractivity contribution in [1.29, 1.82) is 0 Å². The molecular formula is C13H20N2O2S. The molecule has 3 N–H and O–H groups in total. The summed E-state index contributed by atoms with van der Waals surface area (Å²) in [5, 5.41) is 2.78. The van der Waals surface area contributed by atoms with Crippen molar-refractivity contribution in [3.63, 3.8) is 0 Å². The lowest BCUT2D eigenvalue weighted by atomic mass is 10.1. The van der Waals surface area contributed by atoms with Crippen molar-refractivity contribution in [2.45, 2.75) is 17.9 Å². The number of hydrogen-bond donors (Lipinski definition) is 2. The maximum absolute atomic E-state index is 11.5. The van der Waals surface area contributed by atoms with Crippen LogP contribution in [-0.2, 0) is 9.53 Å². The van der Waals surface area contributed by atoms with E-state index in [9.17, 15) is 4.79 Å². The van der Waals surface area contributed by atoms with Crippen LogP contribution >= 0.6 is 11.8 Å². The molecule has 18 heavy (non-hydrogen) atoms. The molecule has 1 aromatic rings. The number of hydrogen-bond acceptors (Lipinski definition) is 4. The van der Waals surface area contributed by atoms with E-state index >= 15 is 0 Å². The molecule has 0 bridgehead atoms. The van der Waals surface area contributed by atoms with Gasteiger partial charge in [0, 0.05) is 24.6 Å². The average molecular weight is 268 g/mol. The average Bonchev–Trinajstić information content (AvgIpc) is 2.37. The smallest absolute Gasteiger partial charge is 0.230 e. The molecule has 0 saturated carbocycles. The van der Waals surface area contributed by atoms with Gasteiger partial charge in [0.2, 0.25) is 5.91 Å². The number of methoxy groups -OCH3 is 1. The van der Waals surface area contributed by atoms with E-state index in [4.69, 9.17) is 10.5 Å². The predicted octanol–water partition coefficient (Wildman–Crippen LogP) is 1.56. The van der Waals surface area contributed by atoms with Gasteiger partial charge >= 0.3 is 0 Å². The van der Waals surface area contributed by atoms with Gasteiger partial charge in [0.05, 0.1) is 12.4 Å². The number of carbonyl (C=O) groups is 1. The summed E-state index contributed by atoms with van der Waals surface area (Å²) >= 11 is 1.51. The minimum atomic E-state index is 0.0149. The third kappa shape index (κ3) is 5.53. The van der Waals surface area contributed by atoms with E-state index in [2.05, 4.69) is 5.32 Å². The zero-order valence-electron chi connectivity index (χ0n) is 10.8.